The SMILES string of the molecule is COC(=O)c1ccc(CBr)cc1.COC(=O)c1ccc(Cn2c3ccc(C)cc3c(=O)c3cc4[nH]c5ccc(C)cc5c(=O)c4cc32)cc1.Cc1ccc2[nH]c3cc4c(=O)c5cc(C)ccc5[nH]c4cc3c(=O)c2c1. The van der Waals surface area contributed by atoms with E-state index in [2.05, 4.69) is 40.2 Å². The number of hydrogen-bond donors (Lipinski definition) is 3. The predicted octanol–water partition coefficient (Wildman–Crippen LogP) is 12.3. The van der Waals surface area contributed by atoms with Gasteiger partial charge in [0.1, 0.15) is 0 Å². The summed E-state index contributed by atoms with van der Waals surface area (Å²) in [5, 5.41) is 5.60. The molecule has 12 aromatic rings. The Morgan fingerprint density at radius 3 is 1.15 bits per heavy atom. The second-order valence-electron chi connectivity index (χ2n) is 18.8. The summed E-state index contributed by atoms with van der Waals surface area (Å²) in [7, 11) is 2.73. The van der Waals surface area contributed by atoms with Crippen molar-refractivity contribution in [1.29, 1.82) is 0 Å². The summed E-state index contributed by atoms with van der Waals surface area (Å²) in [5.41, 5.74) is 12.8. The number of aromatic amines is 3. The van der Waals surface area contributed by atoms with E-state index in [4.69, 9.17) is 4.74 Å². The van der Waals surface area contributed by atoms with E-state index in [9.17, 15) is 28.8 Å². The van der Waals surface area contributed by atoms with Crippen molar-refractivity contribution in [1.82, 2.24) is 19.5 Å². The number of fused-ring (bicyclic) bond motifs is 8. The molecule has 0 aliphatic heterocycles. The normalized spacial score (nSPS) is 11.3. The van der Waals surface area contributed by atoms with E-state index in [1.807, 2.05) is 131 Å². The molecule has 0 saturated carbocycles. The summed E-state index contributed by atoms with van der Waals surface area (Å²) in [6.07, 6.45) is 0. The summed E-state index contributed by atoms with van der Waals surface area (Å²) in [6, 6.07) is 44.8. The maximum Gasteiger partial charge on any atom is 0.337 e. The van der Waals surface area contributed by atoms with Crippen LogP contribution in [0.4, 0.5) is 0 Å². The molecular formula is C62H49BrN4O8. The number of esters is 2. The van der Waals surface area contributed by atoms with Gasteiger partial charge in [-0.25, -0.2) is 9.59 Å². The van der Waals surface area contributed by atoms with E-state index in [-0.39, 0.29) is 27.7 Å². The smallest absolute Gasteiger partial charge is 0.337 e. The lowest BCUT2D eigenvalue weighted by atomic mass is 10.0. The van der Waals surface area contributed by atoms with Crippen LogP contribution in [0.2, 0.25) is 0 Å². The zero-order valence-corrected chi connectivity index (χ0v) is 43.4. The Kier molecular flexibility index (Phi) is 13.3. The van der Waals surface area contributed by atoms with E-state index in [0.717, 1.165) is 60.8 Å². The van der Waals surface area contributed by atoms with Crippen molar-refractivity contribution in [3.05, 3.63) is 231 Å². The van der Waals surface area contributed by atoms with Crippen LogP contribution in [-0.4, -0.2) is 45.7 Å². The van der Waals surface area contributed by atoms with Crippen LogP contribution in [0, 0.1) is 27.7 Å². The molecule has 0 spiro atoms. The molecule has 0 bridgehead atoms. The Morgan fingerprint density at radius 1 is 0.400 bits per heavy atom. The lowest BCUT2D eigenvalue weighted by Crippen LogP contribution is -2.14. The Morgan fingerprint density at radius 2 is 0.733 bits per heavy atom. The minimum atomic E-state index is -0.394. The highest BCUT2D eigenvalue weighted by molar-refractivity contribution is 9.08. The molecule has 3 N–H and O–H groups in total. The van der Waals surface area contributed by atoms with Crippen LogP contribution in [0.1, 0.15) is 54.1 Å². The lowest BCUT2D eigenvalue weighted by molar-refractivity contribution is 0.0592. The molecule has 13 heteroatoms. The molecular weight excluding hydrogens is 1010 g/mol. The summed E-state index contributed by atoms with van der Waals surface area (Å²) >= 11 is 3.32. The first-order valence-corrected chi connectivity index (χ1v) is 25.2. The molecule has 75 heavy (non-hydrogen) atoms. The van der Waals surface area contributed by atoms with Gasteiger partial charge in [0.15, 0.2) is 21.7 Å². The van der Waals surface area contributed by atoms with Gasteiger partial charge in [0.25, 0.3) is 0 Å². The van der Waals surface area contributed by atoms with E-state index in [1.54, 1.807) is 42.5 Å². The fourth-order valence-electron chi connectivity index (χ4n) is 9.61. The standard InChI is InChI=1S/C31H24N2O4.C22H16N2O2.C9H9BrO2/c1-17-4-10-25-21(12-17)29(34)22-15-28-24(14-26(22)32-25)30(35)23-13-18(2)5-11-27(23)33(28)16-19-6-8-20(9-7-19)31(36)37-3;1-11-3-5-17-13(7-11)21(25)15-9-20-16(10-19(15)23-17)22(26)14-8-12(2)4-6-18(14)24-20;1-12-9(11)8-4-2-7(6-10)3-5-8/h4-15H,16H2,1-3H3,(H,32,34);3-10H,1-2H3,(H,23,25)(H,24,26);2-5H,6H2,1H3. The van der Waals surface area contributed by atoms with Crippen LogP contribution in [0.5, 0.6) is 0 Å². The highest BCUT2D eigenvalue weighted by atomic mass is 79.9. The highest BCUT2D eigenvalue weighted by Gasteiger charge is 2.17. The van der Waals surface area contributed by atoms with Crippen molar-refractivity contribution in [3.63, 3.8) is 0 Å². The number of H-pyrrole nitrogens is 3. The molecule has 12 nitrogen and oxygen atoms in total. The van der Waals surface area contributed by atoms with Gasteiger partial charge in [-0.3, -0.25) is 19.2 Å². The summed E-state index contributed by atoms with van der Waals surface area (Å²) in [6.45, 7) is 8.31. The largest absolute Gasteiger partial charge is 0.465 e. The molecule has 4 heterocycles. The minimum Gasteiger partial charge on any atom is -0.465 e. The molecule has 0 radical (unpaired) electrons. The number of nitrogens with zero attached hydrogens (tertiary/aromatic N) is 1. The third-order valence-corrected chi connectivity index (χ3v) is 14.2. The molecule has 4 aromatic heterocycles. The number of pyridine rings is 4. The highest BCUT2D eigenvalue weighted by Crippen LogP contribution is 2.27. The average molecular weight is 1060 g/mol. The molecule has 372 valence electrons. The van der Waals surface area contributed by atoms with Gasteiger partial charge in [0.2, 0.25) is 0 Å². The summed E-state index contributed by atoms with van der Waals surface area (Å²) < 4.78 is 11.4. The zero-order chi connectivity index (χ0) is 52.8. The maximum absolute atomic E-state index is 13.7. The topological polar surface area (TPSA) is 173 Å². The Bertz CT molecular complexity index is 4460. The monoisotopic (exact) mass is 1060 g/mol. The van der Waals surface area contributed by atoms with Crippen LogP contribution in [0.25, 0.3) is 87.2 Å². The number of benzene rings is 8. The van der Waals surface area contributed by atoms with Crippen LogP contribution >= 0.6 is 15.9 Å². The minimum absolute atomic E-state index is 0.0239. The van der Waals surface area contributed by atoms with Crippen molar-refractivity contribution < 1.29 is 19.1 Å². The third-order valence-electron chi connectivity index (χ3n) is 13.6. The predicted molar refractivity (Wildman–Crippen MR) is 305 cm³/mol. The lowest BCUT2D eigenvalue weighted by Gasteiger charge is -2.17. The zero-order valence-electron chi connectivity index (χ0n) is 41.9. The Labute approximate surface area is 436 Å². The van der Waals surface area contributed by atoms with Gasteiger partial charge < -0.3 is 29.0 Å². The average Bonchev–Trinajstić information content (AvgIpc) is 3.45. The second kappa shape index (κ2) is 20.2. The van der Waals surface area contributed by atoms with Gasteiger partial charge in [0.05, 0.1) is 52.9 Å². The first kappa shape index (κ1) is 49.6. The van der Waals surface area contributed by atoms with E-state index in [1.165, 1.54) is 14.2 Å². The van der Waals surface area contributed by atoms with Gasteiger partial charge in [-0.2, -0.15) is 0 Å². The molecule has 0 unspecified atom stereocenters. The van der Waals surface area contributed by atoms with Crippen LogP contribution in [0.3, 0.4) is 0 Å². The first-order chi connectivity index (χ1) is 36.1. The quantitative estimate of drug-likeness (QED) is 0.0868. The van der Waals surface area contributed by atoms with Crippen LogP contribution in [-0.2, 0) is 21.3 Å². The molecule has 0 aliphatic rings. The molecule has 0 saturated heterocycles. The fraction of sp³-hybridized carbons (Fsp3) is 0.129. The summed E-state index contributed by atoms with van der Waals surface area (Å²) in [4.78, 5) is 86.0. The molecule has 0 atom stereocenters. The molecule has 12 rings (SSSR count). The molecule has 0 aliphatic carbocycles. The van der Waals surface area contributed by atoms with Crippen molar-refractivity contribution in [2.75, 3.05) is 14.2 Å². The fourth-order valence-corrected chi connectivity index (χ4v) is 9.98. The number of hydrogen-bond acceptors (Lipinski definition) is 8. The number of methoxy groups -OCH3 is 2. The van der Waals surface area contributed by atoms with Crippen molar-refractivity contribution in [2.24, 2.45) is 0 Å². The number of alkyl halides is 1. The third kappa shape index (κ3) is 9.50. The van der Waals surface area contributed by atoms with Crippen LogP contribution < -0.4 is 21.7 Å². The number of ether oxygens (including phenoxy) is 2. The van der Waals surface area contributed by atoms with Crippen LogP contribution in [0.15, 0.2) is 165 Å². The number of aryl methyl sites for hydroxylation is 4. The van der Waals surface area contributed by atoms with Crippen molar-refractivity contribution in [3.8, 4) is 0 Å². The van der Waals surface area contributed by atoms with Gasteiger partial charge >= 0.3 is 11.9 Å². The van der Waals surface area contributed by atoms with Gasteiger partial charge in [-0.15, -0.1) is 0 Å². The number of nitrogens with one attached hydrogen (secondary N) is 3. The van der Waals surface area contributed by atoms with E-state index >= 15 is 0 Å². The Balaban J connectivity index is 0.000000146. The Hall–Kier alpha value is -8.94. The molecule has 0 amide bonds. The number of carbonyl (C=O) groups is 2. The number of aromatic nitrogens is 4. The molecule has 0 fully saturated rings. The van der Waals surface area contributed by atoms with E-state index in [0.29, 0.717) is 82.8 Å². The van der Waals surface area contributed by atoms with Crippen molar-refractivity contribution >= 4 is 115 Å². The van der Waals surface area contributed by atoms with Gasteiger partial charge in [0, 0.05) is 71.5 Å². The second-order valence-corrected chi connectivity index (χ2v) is 19.4. The van der Waals surface area contributed by atoms with Crippen molar-refractivity contribution in [2.45, 2.75) is 39.6 Å². The van der Waals surface area contributed by atoms with Gasteiger partial charge in [-0.1, -0.05) is 86.7 Å². The first-order valence-electron chi connectivity index (χ1n) is 24.1. The number of rotatable bonds is 5. The van der Waals surface area contributed by atoms with E-state index < -0.39 is 5.97 Å². The van der Waals surface area contributed by atoms with Gasteiger partial charge in [-0.05, 0) is 136 Å². The number of carbonyl (C=O) groups excluding carboxylic acids is 2. The summed E-state index contributed by atoms with van der Waals surface area (Å²) in [5.74, 6) is -0.689. The number of halogens is 1. The molecule has 8 aromatic carbocycles. The maximum atomic E-state index is 13.7.